The fourth-order valence-corrected chi connectivity index (χ4v) is 5.78. The van der Waals surface area contributed by atoms with Crippen LogP contribution in [0.15, 0.2) is 69.5 Å². The van der Waals surface area contributed by atoms with E-state index in [2.05, 4.69) is 32.6 Å². The minimum Gasteiger partial charge on any atom is -0.474 e. The molecular weight excluding hydrogens is 458 g/mol. The van der Waals surface area contributed by atoms with E-state index in [1.807, 2.05) is 18.2 Å². The number of sulfonamides is 1. The van der Waals surface area contributed by atoms with Crippen molar-refractivity contribution in [3.05, 3.63) is 69.9 Å². The molecule has 2 aliphatic rings. The zero-order chi connectivity index (χ0) is 20.6. The Balaban J connectivity index is 1.52. The van der Waals surface area contributed by atoms with Gasteiger partial charge >= 0.3 is 0 Å². The summed E-state index contributed by atoms with van der Waals surface area (Å²) in [7, 11) is -3.67. The van der Waals surface area contributed by atoms with Gasteiger partial charge in [0.25, 0.3) is 0 Å². The average molecular weight is 478 g/mol. The topological polar surface area (TPSA) is 79.3 Å². The lowest BCUT2D eigenvalue weighted by Crippen LogP contribution is -2.47. The first kappa shape index (κ1) is 20.1. The van der Waals surface area contributed by atoms with Gasteiger partial charge in [-0.05, 0) is 61.0 Å². The molecule has 2 aliphatic heterocycles. The Hall–Kier alpha value is -2.23. The van der Waals surface area contributed by atoms with Crippen molar-refractivity contribution in [1.82, 2.24) is 4.31 Å². The molecule has 0 atom stereocenters. The van der Waals surface area contributed by atoms with Crippen LogP contribution >= 0.6 is 15.9 Å². The molecule has 1 fully saturated rings. The Labute approximate surface area is 178 Å². The van der Waals surface area contributed by atoms with Crippen molar-refractivity contribution in [3.8, 4) is 0 Å². The standard InChI is InChI=1S/C20H20BrN3O4S/c1-14-24(20-6-5-16(21)11-15(20)13-28-14)18-7-9-23(10-8-18)29(26,27)19-4-2-3-17(12-19)22-25/h2-6,11-12,18H,1,7-10,13H2. The summed E-state index contributed by atoms with van der Waals surface area (Å²) in [6, 6.07) is 12.0. The zero-order valence-electron chi connectivity index (χ0n) is 15.6. The second kappa shape index (κ2) is 7.89. The monoisotopic (exact) mass is 477 g/mol. The number of ether oxygens (including phenoxy) is 1. The minimum atomic E-state index is -3.67. The number of hydrogen-bond acceptors (Lipinski definition) is 6. The summed E-state index contributed by atoms with van der Waals surface area (Å²) in [4.78, 5) is 12.9. The van der Waals surface area contributed by atoms with Crippen molar-refractivity contribution < 1.29 is 13.2 Å². The fraction of sp³-hybridized carbons (Fsp3) is 0.300. The lowest BCUT2D eigenvalue weighted by molar-refractivity contribution is 0.169. The van der Waals surface area contributed by atoms with Crippen LogP contribution in [-0.4, -0.2) is 31.9 Å². The third kappa shape index (κ3) is 3.82. The number of rotatable bonds is 4. The van der Waals surface area contributed by atoms with Gasteiger partial charge in [0.1, 0.15) is 12.3 Å². The number of halogens is 1. The second-order valence-corrected chi connectivity index (χ2v) is 9.90. The van der Waals surface area contributed by atoms with Gasteiger partial charge in [0.05, 0.1) is 10.6 Å². The molecule has 0 bridgehead atoms. The van der Waals surface area contributed by atoms with E-state index in [0.717, 1.165) is 15.7 Å². The second-order valence-electron chi connectivity index (χ2n) is 7.05. The fourth-order valence-electron chi connectivity index (χ4n) is 3.86. The van der Waals surface area contributed by atoms with E-state index in [1.165, 1.54) is 28.6 Å². The molecule has 0 amide bonds. The van der Waals surface area contributed by atoms with Crippen molar-refractivity contribution in [3.63, 3.8) is 0 Å². The number of anilines is 1. The lowest BCUT2D eigenvalue weighted by atomic mass is 10.0. The van der Waals surface area contributed by atoms with Gasteiger partial charge in [0.2, 0.25) is 10.0 Å². The van der Waals surface area contributed by atoms with Gasteiger partial charge in [-0.2, -0.15) is 4.31 Å². The van der Waals surface area contributed by atoms with Gasteiger partial charge in [-0.3, -0.25) is 0 Å². The maximum atomic E-state index is 13.0. The molecule has 1 saturated heterocycles. The van der Waals surface area contributed by atoms with Crippen LogP contribution in [0.1, 0.15) is 18.4 Å². The van der Waals surface area contributed by atoms with Crippen LogP contribution in [0.3, 0.4) is 0 Å². The van der Waals surface area contributed by atoms with Crippen molar-refractivity contribution in [2.24, 2.45) is 5.18 Å². The molecule has 9 heteroatoms. The minimum absolute atomic E-state index is 0.0916. The van der Waals surface area contributed by atoms with Gasteiger partial charge in [-0.15, -0.1) is 4.91 Å². The normalized spacial score (nSPS) is 18.2. The Morgan fingerprint density at radius 1 is 1.14 bits per heavy atom. The van der Waals surface area contributed by atoms with Gasteiger partial charge in [0, 0.05) is 29.2 Å². The summed E-state index contributed by atoms with van der Waals surface area (Å²) in [6.45, 7) is 5.27. The Morgan fingerprint density at radius 2 is 1.90 bits per heavy atom. The predicted octanol–water partition coefficient (Wildman–Crippen LogP) is 4.51. The third-order valence-corrected chi connectivity index (χ3v) is 7.70. The molecule has 152 valence electrons. The van der Waals surface area contributed by atoms with Crippen molar-refractivity contribution >= 4 is 37.3 Å². The van der Waals surface area contributed by atoms with Crippen LogP contribution < -0.4 is 4.90 Å². The molecular formula is C20H20BrN3O4S. The molecule has 0 radical (unpaired) electrons. The Bertz CT molecular complexity index is 1070. The molecule has 0 saturated carbocycles. The molecule has 2 heterocycles. The highest BCUT2D eigenvalue weighted by atomic mass is 79.9. The van der Waals surface area contributed by atoms with Crippen molar-refractivity contribution in [2.75, 3.05) is 18.0 Å². The highest BCUT2D eigenvalue weighted by Crippen LogP contribution is 2.37. The van der Waals surface area contributed by atoms with Crippen LogP contribution in [0.25, 0.3) is 0 Å². The van der Waals surface area contributed by atoms with E-state index < -0.39 is 10.0 Å². The highest BCUT2D eigenvalue weighted by Gasteiger charge is 2.35. The molecule has 0 N–H and O–H groups in total. The summed E-state index contributed by atoms with van der Waals surface area (Å²) >= 11 is 3.49. The Kier molecular flexibility index (Phi) is 5.46. The van der Waals surface area contributed by atoms with E-state index in [-0.39, 0.29) is 16.6 Å². The number of benzene rings is 2. The molecule has 7 nitrogen and oxygen atoms in total. The highest BCUT2D eigenvalue weighted by molar-refractivity contribution is 9.10. The summed E-state index contributed by atoms with van der Waals surface area (Å²) in [5, 5.41) is 2.83. The first-order valence-electron chi connectivity index (χ1n) is 9.23. The zero-order valence-corrected chi connectivity index (χ0v) is 18.0. The first-order valence-corrected chi connectivity index (χ1v) is 11.5. The van der Waals surface area contributed by atoms with Crippen LogP contribution in [-0.2, 0) is 21.4 Å². The van der Waals surface area contributed by atoms with Crippen LogP contribution in [0.5, 0.6) is 0 Å². The van der Waals surface area contributed by atoms with E-state index in [1.54, 1.807) is 0 Å². The maximum absolute atomic E-state index is 13.0. The Morgan fingerprint density at radius 3 is 2.62 bits per heavy atom. The molecule has 2 aromatic carbocycles. The van der Waals surface area contributed by atoms with E-state index in [9.17, 15) is 13.3 Å². The number of nitrogens with zero attached hydrogens (tertiary/aromatic N) is 3. The summed E-state index contributed by atoms with van der Waals surface area (Å²) in [5.74, 6) is 0.589. The lowest BCUT2D eigenvalue weighted by Gasteiger charge is -2.42. The van der Waals surface area contributed by atoms with Gasteiger partial charge in [-0.25, -0.2) is 8.42 Å². The summed E-state index contributed by atoms with van der Waals surface area (Å²) in [6.07, 6.45) is 1.28. The average Bonchev–Trinajstić information content (AvgIpc) is 2.74. The first-order chi connectivity index (χ1) is 13.9. The molecule has 0 unspecified atom stereocenters. The largest absolute Gasteiger partial charge is 0.474 e. The van der Waals surface area contributed by atoms with Gasteiger partial charge in [0.15, 0.2) is 5.88 Å². The van der Waals surface area contributed by atoms with Crippen molar-refractivity contribution in [2.45, 2.75) is 30.4 Å². The number of hydrogen-bond donors (Lipinski definition) is 0. The van der Waals surface area contributed by atoms with Gasteiger partial charge < -0.3 is 9.64 Å². The molecule has 0 aliphatic carbocycles. The molecule has 0 spiro atoms. The maximum Gasteiger partial charge on any atom is 0.243 e. The number of piperidine rings is 1. The third-order valence-electron chi connectivity index (χ3n) is 5.31. The summed E-state index contributed by atoms with van der Waals surface area (Å²) < 4.78 is 34.1. The summed E-state index contributed by atoms with van der Waals surface area (Å²) in [5.41, 5.74) is 2.22. The SMILES string of the molecule is C=C1OCc2cc(Br)ccc2N1C1CCN(S(=O)(=O)c2cccc(N=O)c2)CC1. The van der Waals surface area contributed by atoms with E-state index in [4.69, 9.17) is 4.74 Å². The quantitative estimate of drug-likeness (QED) is 0.605. The molecule has 0 aromatic heterocycles. The molecule has 4 rings (SSSR count). The van der Waals surface area contributed by atoms with E-state index >= 15 is 0 Å². The number of fused-ring (bicyclic) bond motifs is 1. The van der Waals surface area contributed by atoms with Gasteiger partial charge in [-0.1, -0.05) is 22.0 Å². The molecule has 2 aromatic rings. The number of nitroso groups, excluding NO2 is 1. The van der Waals surface area contributed by atoms with E-state index in [0.29, 0.717) is 38.4 Å². The molecule has 29 heavy (non-hydrogen) atoms. The van der Waals surface area contributed by atoms with Crippen LogP contribution in [0.2, 0.25) is 0 Å². The predicted molar refractivity (Wildman–Crippen MR) is 114 cm³/mol. The van der Waals surface area contributed by atoms with Crippen molar-refractivity contribution in [1.29, 1.82) is 0 Å². The van der Waals surface area contributed by atoms with Crippen LogP contribution in [0.4, 0.5) is 11.4 Å². The smallest absolute Gasteiger partial charge is 0.243 e. The van der Waals surface area contributed by atoms with Crippen LogP contribution in [0, 0.1) is 4.91 Å².